The number of amides is 1. The first-order chi connectivity index (χ1) is 15.9. The van der Waals surface area contributed by atoms with E-state index in [1.165, 1.54) is 0 Å². The molecular weight excluding hydrogens is 436 g/mol. The number of piperazine rings is 1. The highest BCUT2D eigenvalue weighted by atomic mass is 35.5. The second-order valence-electron chi connectivity index (χ2n) is 8.34. The van der Waals surface area contributed by atoms with Crippen LogP contribution < -0.4 is 4.90 Å². The van der Waals surface area contributed by atoms with Crippen LogP contribution in [0, 0.1) is 20.8 Å². The highest BCUT2D eigenvalue weighted by molar-refractivity contribution is 6.33. The van der Waals surface area contributed by atoms with E-state index in [1.54, 1.807) is 12.1 Å². The van der Waals surface area contributed by atoms with Crippen LogP contribution in [-0.4, -0.2) is 56.7 Å². The quantitative estimate of drug-likeness (QED) is 0.454. The van der Waals surface area contributed by atoms with Crippen LogP contribution in [0.3, 0.4) is 0 Å². The van der Waals surface area contributed by atoms with E-state index in [1.807, 2.05) is 47.7 Å². The number of aryl methyl sites for hydroxylation is 3. The van der Waals surface area contributed by atoms with Gasteiger partial charge in [-0.05, 0) is 44.5 Å². The lowest BCUT2D eigenvalue weighted by atomic mass is 10.1. The topological polar surface area (TPSA) is 67.2 Å². The van der Waals surface area contributed by atoms with Crippen molar-refractivity contribution in [2.45, 2.75) is 20.8 Å². The number of rotatable bonds is 3. The zero-order valence-electron chi connectivity index (χ0n) is 18.9. The molecule has 0 unspecified atom stereocenters. The highest BCUT2D eigenvalue weighted by Gasteiger charge is 2.27. The summed E-state index contributed by atoms with van der Waals surface area (Å²) in [7, 11) is 0. The molecule has 0 bridgehead atoms. The summed E-state index contributed by atoms with van der Waals surface area (Å²) in [5.41, 5.74) is 4.38. The molecule has 0 N–H and O–H groups in total. The third kappa shape index (κ3) is 3.82. The summed E-state index contributed by atoms with van der Waals surface area (Å²) in [6.45, 7) is 8.52. The molecule has 1 saturated heterocycles. The molecule has 1 aliphatic heterocycles. The van der Waals surface area contributed by atoms with Crippen LogP contribution in [-0.2, 0) is 0 Å². The number of aromatic nitrogens is 4. The van der Waals surface area contributed by atoms with E-state index in [-0.39, 0.29) is 5.91 Å². The van der Waals surface area contributed by atoms with Gasteiger partial charge in [0.25, 0.3) is 5.91 Å². The van der Waals surface area contributed by atoms with Crippen LogP contribution in [0.1, 0.15) is 27.4 Å². The van der Waals surface area contributed by atoms with Gasteiger partial charge in [0.1, 0.15) is 11.6 Å². The summed E-state index contributed by atoms with van der Waals surface area (Å²) in [5, 5.41) is 6.26. The molecule has 0 radical (unpaired) electrons. The maximum Gasteiger partial charge on any atom is 0.255 e. The van der Waals surface area contributed by atoms with Crippen molar-refractivity contribution in [2.24, 2.45) is 0 Å². The van der Waals surface area contributed by atoms with Gasteiger partial charge in [-0.1, -0.05) is 41.9 Å². The average Bonchev–Trinajstić information content (AvgIpc) is 3.14. The molecule has 0 spiro atoms. The largest absolute Gasteiger partial charge is 0.352 e. The minimum Gasteiger partial charge on any atom is -0.352 e. The molecule has 1 amide bonds. The fourth-order valence-electron chi connectivity index (χ4n) is 4.39. The van der Waals surface area contributed by atoms with Crippen molar-refractivity contribution in [3.8, 4) is 5.69 Å². The Kier molecular flexibility index (Phi) is 5.50. The van der Waals surface area contributed by atoms with Crippen LogP contribution in [0.25, 0.3) is 16.7 Å². The van der Waals surface area contributed by atoms with Crippen LogP contribution in [0.5, 0.6) is 0 Å². The van der Waals surface area contributed by atoms with Crippen molar-refractivity contribution in [3.05, 3.63) is 76.2 Å². The van der Waals surface area contributed by atoms with Crippen LogP contribution in [0.15, 0.2) is 48.5 Å². The van der Waals surface area contributed by atoms with E-state index < -0.39 is 0 Å². The molecule has 1 fully saturated rings. The first kappa shape index (κ1) is 21.4. The lowest BCUT2D eigenvalue weighted by molar-refractivity contribution is 0.0747. The fourth-order valence-corrected chi connectivity index (χ4v) is 4.61. The molecule has 0 aliphatic carbocycles. The van der Waals surface area contributed by atoms with Gasteiger partial charge in [0.2, 0.25) is 0 Å². The molecule has 5 rings (SSSR count). The van der Waals surface area contributed by atoms with Gasteiger partial charge in [-0.2, -0.15) is 5.10 Å². The molecule has 0 saturated carbocycles. The third-order valence-corrected chi connectivity index (χ3v) is 6.44. The molecule has 4 aromatic rings. The van der Waals surface area contributed by atoms with Gasteiger partial charge in [0, 0.05) is 26.2 Å². The fraction of sp³-hybridized carbons (Fsp3) is 0.280. The lowest BCUT2D eigenvalue weighted by Gasteiger charge is -2.36. The molecule has 33 heavy (non-hydrogen) atoms. The zero-order chi connectivity index (χ0) is 23.1. The zero-order valence-corrected chi connectivity index (χ0v) is 19.7. The molecule has 1 aliphatic rings. The van der Waals surface area contributed by atoms with E-state index in [0.717, 1.165) is 33.8 Å². The number of nitrogens with zero attached hydrogens (tertiary/aromatic N) is 6. The first-order valence-corrected chi connectivity index (χ1v) is 11.4. The Balaban J connectivity index is 1.46. The van der Waals surface area contributed by atoms with Crippen LogP contribution in [0.2, 0.25) is 5.02 Å². The number of carbonyl (C=O) groups excluding carboxylic acids is 1. The minimum atomic E-state index is -0.0344. The Morgan fingerprint density at radius 3 is 2.33 bits per heavy atom. The average molecular weight is 461 g/mol. The number of hydrogen-bond acceptors (Lipinski definition) is 5. The number of hydrogen-bond donors (Lipinski definition) is 0. The number of halogens is 1. The summed E-state index contributed by atoms with van der Waals surface area (Å²) >= 11 is 6.24. The second-order valence-corrected chi connectivity index (χ2v) is 8.74. The normalized spacial score (nSPS) is 14.2. The first-order valence-electron chi connectivity index (χ1n) is 11.0. The van der Waals surface area contributed by atoms with Gasteiger partial charge in [0.05, 0.1) is 27.4 Å². The van der Waals surface area contributed by atoms with Gasteiger partial charge in [-0.25, -0.2) is 14.6 Å². The summed E-state index contributed by atoms with van der Waals surface area (Å²) in [6.07, 6.45) is 0. The van der Waals surface area contributed by atoms with Gasteiger partial charge < -0.3 is 9.80 Å². The summed E-state index contributed by atoms with van der Waals surface area (Å²) in [4.78, 5) is 26.6. The van der Waals surface area contributed by atoms with E-state index >= 15 is 0 Å². The molecule has 0 atom stereocenters. The monoisotopic (exact) mass is 460 g/mol. The van der Waals surface area contributed by atoms with Crippen molar-refractivity contribution in [1.29, 1.82) is 0 Å². The predicted octanol–water partition coefficient (Wildman–Crippen LogP) is 4.36. The van der Waals surface area contributed by atoms with Crippen LogP contribution in [0.4, 0.5) is 5.82 Å². The Labute approximate surface area is 197 Å². The molecule has 2 aromatic heterocycles. The van der Waals surface area contributed by atoms with Crippen molar-refractivity contribution in [3.63, 3.8) is 0 Å². The number of fused-ring (bicyclic) bond motifs is 1. The SMILES string of the molecule is Cc1nc(N2CCN(C(=O)c3ccccc3Cl)CC2)c2c(C)nn(-c3ccccc3C)c2n1. The van der Waals surface area contributed by atoms with Crippen molar-refractivity contribution < 1.29 is 4.79 Å². The number of carbonyl (C=O) groups is 1. The van der Waals surface area contributed by atoms with E-state index in [4.69, 9.17) is 26.7 Å². The van der Waals surface area contributed by atoms with Gasteiger partial charge in [-0.15, -0.1) is 0 Å². The minimum absolute atomic E-state index is 0.0344. The number of para-hydroxylation sites is 1. The Morgan fingerprint density at radius 1 is 0.909 bits per heavy atom. The Morgan fingerprint density at radius 2 is 1.61 bits per heavy atom. The van der Waals surface area contributed by atoms with Crippen molar-refractivity contribution in [2.75, 3.05) is 31.1 Å². The smallest absolute Gasteiger partial charge is 0.255 e. The molecule has 7 nitrogen and oxygen atoms in total. The maximum absolute atomic E-state index is 13.0. The molecule has 3 heterocycles. The van der Waals surface area contributed by atoms with Gasteiger partial charge in [-0.3, -0.25) is 4.79 Å². The Bertz CT molecular complexity index is 1360. The van der Waals surface area contributed by atoms with Crippen molar-refractivity contribution in [1.82, 2.24) is 24.6 Å². The van der Waals surface area contributed by atoms with E-state index in [2.05, 4.69) is 24.0 Å². The highest BCUT2D eigenvalue weighted by Crippen LogP contribution is 2.30. The summed E-state index contributed by atoms with van der Waals surface area (Å²) < 4.78 is 1.91. The molecular formula is C25H25ClN6O. The van der Waals surface area contributed by atoms with Crippen molar-refractivity contribution >= 4 is 34.4 Å². The Hall–Kier alpha value is -3.45. The molecule has 168 valence electrons. The maximum atomic E-state index is 13.0. The van der Waals surface area contributed by atoms with Gasteiger partial charge >= 0.3 is 0 Å². The predicted molar refractivity (Wildman–Crippen MR) is 130 cm³/mol. The van der Waals surface area contributed by atoms with Crippen LogP contribution >= 0.6 is 11.6 Å². The van der Waals surface area contributed by atoms with E-state index in [0.29, 0.717) is 42.6 Å². The second kappa shape index (κ2) is 8.48. The molecule has 2 aromatic carbocycles. The standard InChI is InChI=1S/C25H25ClN6O/c1-16-8-4-7-11-21(16)32-24-22(17(2)29-32)23(27-18(3)28-24)30-12-14-31(15-13-30)25(33)19-9-5-6-10-20(19)26/h4-11H,12-15H2,1-3H3. The third-order valence-electron chi connectivity index (χ3n) is 6.11. The van der Waals surface area contributed by atoms with Gasteiger partial charge in [0.15, 0.2) is 5.65 Å². The van der Waals surface area contributed by atoms with E-state index in [9.17, 15) is 4.79 Å². The molecule has 8 heteroatoms. The lowest BCUT2D eigenvalue weighted by Crippen LogP contribution is -2.49. The summed E-state index contributed by atoms with van der Waals surface area (Å²) in [5.74, 6) is 1.54. The number of anilines is 1. The summed E-state index contributed by atoms with van der Waals surface area (Å²) in [6, 6.07) is 15.4. The number of benzene rings is 2.